The van der Waals surface area contributed by atoms with Gasteiger partial charge in [-0.3, -0.25) is 4.79 Å². The van der Waals surface area contributed by atoms with Crippen molar-refractivity contribution >= 4 is 5.78 Å². The van der Waals surface area contributed by atoms with Crippen LogP contribution in [0.2, 0.25) is 0 Å². The van der Waals surface area contributed by atoms with Crippen molar-refractivity contribution in [3.8, 4) is 5.75 Å². The average molecular weight is 180 g/mol. The molecule has 0 unspecified atom stereocenters. The maximum atomic E-state index is 11.4. The van der Waals surface area contributed by atoms with Crippen LogP contribution in [0.25, 0.3) is 0 Å². The first-order valence-corrected chi connectivity index (χ1v) is 3.97. The first-order valence-electron chi connectivity index (χ1n) is 3.97. The normalized spacial score (nSPS) is 10.0. The van der Waals surface area contributed by atoms with Crippen molar-refractivity contribution in [1.29, 1.82) is 0 Å². The molecule has 1 aromatic rings. The third-order valence-electron chi connectivity index (χ3n) is 1.79. The Morgan fingerprint density at radius 1 is 1.54 bits per heavy atom. The number of hydrogen-bond acceptors (Lipinski definition) is 3. The van der Waals surface area contributed by atoms with Crippen molar-refractivity contribution in [2.45, 2.75) is 6.92 Å². The molecule has 1 rings (SSSR count). The molecule has 0 radical (unpaired) electrons. The van der Waals surface area contributed by atoms with Gasteiger partial charge in [0, 0.05) is 12.7 Å². The number of Topliss-reactive ketones (excluding diaryl/α,β-unsaturated/α-hetero) is 1. The lowest BCUT2D eigenvalue weighted by atomic mass is 10.1. The van der Waals surface area contributed by atoms with Crippen LogP contribution in [0.4, 0.5) is 0 Å². The highest BCUT2D eigenvalue weighted by Crippen LogP contribution is 2.15. The minimum atomic E-state index is -0.0694. The largest absolute Gasteiger partial charge is 0.508 e. The molecule has 3 heteroatoms. The monoisotopic (exact) mass is 180 g/mol. The van der Waals surface area contributed by atoms with E-state index in [1.807, 2.05) is 0 Å². The van der Waals surface area contributed by atoms with Crippen LogP contribution in [-0.4, -0.2) is 24.6 Å². The first kappa shape index (κ1) is 9.74. The number of phenolic OH excluding ortho intramolecular Hbond substituents is 1. The summed E-state index contributed by atoms with van der Waals surface area (Å²) in [6.07, 6.45) is 0. The zero-order valence-corrected chi connectivity index (χ0v) is 7.70. The predicted molar refractivity (Wildman–Crippen MR) is 49.1 cm³/mol. The zero-order valence-electron chi connectivity index (χ0n) is 7.70. The van der Waals surface area contributed by atoms with Crippen LogP contribution >= 0.6 is 0 Å². The van der Waals surface area contributed by atoms with E-state index >= 15 is 0 Å². The van der Waals surface area contributed by atoms with Gasteiger partial charge in [0.15, 0.2) is 5.78 Å². The van der Waals surface area contributed by atoms with Crippen molar-refractivity contribution in [1.82, 2.24) is 0 Å². The Labute approximate surface area is 77.0 Å². The van der Waals surface area contributed by atoms with Gasteiger partial charge < -0.3 is 9.84 Å². The van der Waals surface area contributed by atoms with E-state index in [4.69, 9.17) is 9.84 Å². The molecule has 0 aliphatic rings. The number of benzene rings is 1. The highest BCUT2D eigenvalue weighted by atomic mass is 16.5. The maximum Gasteiger partial charge on any atom is 0.188 e. The van der Waals surface area contributed by atoms with Crippen LogP contribution in [0.15, 0.2) is 18.2 Å². The number of aromatic hydroxyl groups is 1. The molecule has 0 heterocycles. The molecule has 1 aromatic carbocycles. The van der Waals surface area contributed by atoms with Gasteiger partial charge in [0.1, 0.15) is 12.4 Å². The average Bonchev–Trinajstić information content (AvgIpc) is 2.04. The van der Waals surface area contributed by atoms with Gasteiger partial charge >= 0.3 is 0 Å². The minimum absolute atomic E-state index is 0.0694. The molecule has 0 aliphatic heterocycles. The SMILES string of the molecule is COCC(=O)c1ccc(O)cc1C. The third kappa shape index (κ3) is 2.29. The number of carbonyl (C=O) groups is 1. The molecule has 0 aliphatic carbocycles. The van der Waals surface area contributed by atoms with Gasteiger partial charge in [-0.25, -0.2) is 0 Å². The Morgan fingerprint density at radius 3 is 2.77 bits per heavy atom. The van der Waals surface area contributed by atoms with Gasteiger partial charge in [-0.2, -0.15) is 0 Å². The number of ether oxygens (including phenoxy) is 1. The molecule has 0 atom stereocenters. The smallest absolute Gasteiger partial charge is 0.188 e. The molecule has 0 amide bonds. The molecule has 3 nitrogen and oxygen atoms in total. The lowest BCUT2D eigenvalue weighted by Crippen LogP contribution is -2.08. The Kier molecular flexibility index (Phi) is 3.03. The van der Waals surface area contributed by atoms with Crippen molar-refractivity contribution < 1.29 is 14.6 Å². The minimum Gasteiger partial charge on any atom is -0.508 e. The van der Waals surface area contributed by atoms with Crippen LogP contribution in [0, 0.1) is 6.92 Å². The van der Waals surface area contributed by atoms with E-state index in [-0.39, 0.29) is 18.1 Å². The Hall–Kier alpha value is -1.35. The molecular formula is C10H12O3. The van der Waals surface area contributed by atoms with Crippen molar-refractivity contribution in [2.75, 3.05) is 13.7 Å². The summed E-state index contributed by atoms with van der Waals surface area (Å²) in [4.78, 5) is 11.4. The molecule has 0 aromatic heterocycles. The summed E-state index contributed by atoms with van der Waals surface area (Å²) >= 11 is 0. The molecule has 0 saturated carbocycles. The van der Waals surface area contributed by atoms with Crippen LogP contribution in [-0.2, 0) is 4.74 Å². The fraction of sp³-hybridized carbons (Fsp3) is 0.300. The van der Waals surface area contributed by atoms with Crippen molar-refractivity contribution in [3.63, 3.8) is 0 Å². The van der Waals surface area contributed by atoms with Crippen molar-refractivity contribution in [3.05, 3.63) is 29.3 Å². The summed E-state index contributed by atoms with van der Waals surface area (Å²) < 4.78 is 4.73. The number of hydrogen-bond donors (Lipinski definition) is 1. The number of ketones is 1. The van der Waals surface area contributed by atoms with Gasteiger partial charge in [-0.1, -0.05) is 0 Å². The van der Waals surface area contributed by atoms with Crippen LogP contribution in [0.3, 0.4) is 0 Å². The highest BCUT2D eigenvalue weighted by Gasteiger charge is 2.08. The fourth-order valence-corrected chi connectivity index (χ4v) is 1.17. The van der Waals surface area contributed by atoms with E-state index in [9.17, 15) is 4.79 Å². The highest BCUT2D eigenvalue weighted by molar-refractivity contribution is 5.98. The van der Waals surface area contributed by atoms with E-state index in [0.717, 1.165) is 5.56 Å². The summed E-state index contributed by atoms with van der Waals surface area (Å²) in [5.74, 6) is 0.103. The lowest BCUT2D eigenvalue weighted by molar-refractivity contribution is 0.0847. The van der Waals surface area contributed by atoms with Gasteiger partial charge in [-0.05, 0) is 30.7 Å². The summed E-state index contributed by atoms with van der Waals surface area (Å²) in [7, 11) is 1.48. The number of carbonyl (C=O) groups excluding carboxylic acids is 1. The van der Waals surface area contributed by atoms with Gasteiger partial charge in [0.05, 0.1) is 0 Å². The third-order valence-corrected chi connectivity index (χ3v) is 1.79. The summed E-state index contributed by atoms with van der Waals surface area (Å²) in [5, 5.41) is 9.11. The maximum absolute atomic E-state index is 11.4. The van der Waals surface area contributed by atoms with Gasteiger partial charge in [-0.15, -0.1) is 0 Å². The van der Waals surface area contributed by atoms with Gasteiger partial charge in [0.25, 0.3) is 0 Å². The van der Waals surface area contributed by atoms with E-state index in [0.29, 0.717) is 5.56 Å². The predicted octanol–water partition coefficient (Wildman–Crippen LogP) is 1.53. The second-order valence-electron chi connectivity index (χ2n) is 2.86. The quantitative estimate of drug-likeness (QED) is 0.717. The Bertz CT molecular complexity index is 318. The second kappa shape index (κ2) is 4.05. The molecular weight excluding hydrogens is 168 g/mol. The standard InChI is InChI=1S/C10H12O3/c1-7-5-8(11)3-4-9(7)10(12)6-13-2/h3-5,11H,6H2,1-2H3. The summed E-state index contributed by atoms with van der Waals surface area (Å²) in [6.45, 7) is 1.86. The second-order valence-corrected chi connectivity index (χ2v) is 2.86. The number of rotatable bonds is 3. The van der Waals surface area contributed by atoms with Crippen molar-refractivity contribution in [2.24, 2.45) is 0 Å². The molecule has 0 spiro atoms. The van der Waals surface area contributed by atoms with E-state index in [2.05, 4.69) is 0 Å². The number of aryl methyl sites for hydroxylation is 1. The van der Waals surface area contributed by atoms with E-state index in [1.54, 1.807) is 19.1 Å². The molecule has 0 saturated heterocycles. The molecule has 1 N–H and O–H groups in total. The first-order chi connectivity index (χ1) is 6.15. The van der Waals surface area contributed by atoms with E-state index in [1.165, 1.54) is 13.2 Å². The Morgan fingerprint density at radius 2 is 2.23 bits per heavy atom. The van der Waals surface area contributed by atoms with Crippen LogP contribution in [0.1, 0.15) is 15.9 Å². The van der Waals surface area contributed by atoms with Crippen LogP contribution < -0.4 is 0 Å². The van der Waals surface area contributed by atoms with E-state index < -0.39 is 0 Å². The number of phenols is 1. The topological polar surface area (TPSA) is 46.5 Å². The fourth-order valence-electron chi connectivity index (χ4n) is 1.17. The lowest BCUT2D eigenvalue weighted by Gasteiger charge is -2.03. The molecule has 0 bridgehead atoms. The molecule has 0 fully saturated rings. The van der Waals surface area contributed by atoms with Crippen LogP contribution in [0.5, 0.6) is 5.75 Å². The molecule has 70 valence electrons. The summed E-state index contributed by atoms with van der Waals surface area (Å²) in [6, 6.07) is 4.66. The van der Waals surface area contributed by atoms with Gasteiger partial charge in [0.2, 0.25) is 0 Å². The Balaban J connectivity index is 2.95. The zero-order chi connectivity index (χ0) is 9.84. The molecule has 13 heavy (non-hydrogen) atoms. The summed E-state index contributed by atoms with van der Waals surface area (Å²) in [5.41, 5.74) is 1.36. The number of methoxy groups -OCH3 is 1.